The molecule has 2 heterocycles. The Morgan fingerprint density at radius 2 is 1.56 bits per heavy atom. The van der Waals surface area contributed by atoms with Crippen LogP contribution in [-0.4, -0.2) is 25.2 Å². The monoisotopic (exact) mass is 659 g/mol. The predicted octanol–water partition coefficient (Wildman–Crippen LogP) is 9.06. The Hall–Kier alpha value is -1.14. The first-order valence-corrected chi connectivity index (χ1v) is 22.5. The first-order valence-electron chi connectivity index (χ1n) is 14.3. The Kier molecular flexibility index (Phi) is 8.61. The predicted molar refractivity (Wildman–Crippen MR) is 158 cm³/mol. The van der Waals surface area contributed by atoms with Gasteiger partial charge < -0.3 is 0 Å². The summed E-state index contributed by atoms with van der Waals surface area (Å²) in [6.07, 6.45) is 14.1. The number of unbranched alkanes of at least 4 members (excludes halogenated alkanes) is 3. The van der Waals surface area contributed by atoms with E-state index in [1.54, 1.807) is 3.58 Å². The summed E-state index contributed by atoms with van der Waals surface area (Å²) in [6, 6.07) is 12.3. The van der Waals surface area contributed by atoms with Gasteiger partial charge >= 0.3 is 232 Å². The van der Waals surface area contributed by atoms with Crippen LogP contribution in [0.3, 0.4) is 0 Å². The minimum absolute atomic E-state index is 0.253. The van der Waals surface area contributed by atoms with Crippen molar-refractivity contribution in [2.75, 3.05) is 12.1 Å². The topological polar surface area (TPSA) is 30.5 Å². The molecule has 1 aliphatic carbocycles. The molecule has 2 aromatic rings. The molecule has 3 aliphatic rings. The fourth-order valence-corrected chi connectivity index (χ4v) is 23.3. The molecule has 194 valence electrons. The minimum atomic E-state index is -2.50. The van der Waals surface area contributed by atoms with Gasteiger partial charge in [-0.05, 0) is 0 Å². The van der Waals surface area contributed by atoms with Gasteiger partial charge in [0.2, 0.25) is 0 Å². The van der Waals surface area contributed by atoms with Crippen LogP contribution in [0.5, 0.6) is 11.5 Å². The number of ether oxygens (including phenoxy) is 2. The maximum absolute atomic E-state index is 5.76. The van der Waals surface area contributed by atoms with Crippen molar-refractivity contribution in [3.63, 3.8) is 0 Å². The van der Waals surface area contributed by atoms with Crippen molar-refractivity contribution in [3.8, 4) is 11.5 Å². The van der Waals surface area contributed by atoms with E-state index in [2.05, 4.69) is 84.5 Å². The third-order valence-electron chi connectivity index (χ3n) is 8.83. The number of hydrogen-bond acceptors (Lipinski definition) is 3. The number of nitrogens with one attached hydrogen (secondary N) is 1. The second-order valence-electron chi connectivity index (χ2n) is 11.1. The normalized spacial score (nSPS) is 21.8. The molecule has 0 bridgehead atoms. The average molecular weight is 659 g/mol. The van der Waals surface area contributed by atoms with Crippen LogP contribution < -0.4 is 18.4 Å². The number of allylic oxidation sites excluding steroid dienone is 2. The molecule has 3 atom stereocenters. The van der Waals surface area contributed by atoms with Gasteiger partial charge in [0.05, 0.1) is 0 Å². The number of rotatable bonds is 11. The molecule has 5 heteroatoms. The molecule has 0 saturated heterocycles. The second kappa shape index (κ2) is 11.7. The SMILES string of the molecule is CCC[CH2][Sn]([CH2]CCC)([CH2]CCC)[c]1ccc2c(c1)N[C@@H](c1cc3c(cc1Br)OCO3)[C@H]1CC=C[C@@H]21. The van der Waals surface area contributed by atoms with Gasteiger partial charge in [-0.1, -0.05) is 0 Å². The standard InChI is InChI=1S/C19H15BrNO2.3C4H9.Sn/c20-15-9-18-17(22-10-23-18)8-14(15)19-13-6-3-5-11(13)12-4-1-2-7-16(12)21-19;3*1-3-4-2;/h1,3-5,7-9,11,13,19,21H,6,10H2;3*1,3-4H2,2H3;/t11-,13-,19+;;;;/m0..../s1. The van der Waals surface area contributed by atoms with Gasteiger partial charge in [0.15, 0.2) is 0 Å². The van der Waals surface area contributed by atoms with Crippen LogP contribution in [0.1, 0.15) is 88.8 Å². The number of fused-ring (bicyclic) bond motifs is 4. The Morgan fingerprint density at radius 1 is 0.889 bits per heavy atom. The van der Waals surface area contributed by atoms with Gasteiger partial charge in [0.1, 0.15) is 0 Å². The van der Waals surface area contributed by atoms with Crippen LogP contribution in [0.25, 0.3) is 0 Å². The van der Waals surface area contributed by atoms with Gasteiger partial charge in [-0.25, -0.2) is 0 Å². The van der Waals surface area contributed by atoms with Gasteiger partial charge in [0.25, 0.3) is 0 Å². The third-order valence-corrected chi connectivity index (χ3v) is 25.1. The van der Waals surface area contributed by atoms with Crippen molar-refractivity contribution < 1.29 is 9.47 Å². The van der Waals surface area contributed by atoms with E-state index < -0.39 is 18.4 Å². The van der Waals surface area contributed by atoms with Crippen molar-refractivity contribution in [3.05, 3.63) is 58.1 Å². The Balaban J connectivity index is 1.54. The molecule has 0 amide bonds. The summed E-state index contributed by atoms with van der Waals surface area (Å²) in [6.45, 7) is 7.41. The van der Waals surface area contributed by atoms with Crippen LogP contribution in [0, 0.1) is 5.92 Å². The molecular formula is C31H42BrNO2Sn. The van der Waals surface area contributed by atoms with Gasteiger partial charge in [-0.2, -0.15) is 0 Å². The van der Waals surface area contributed by atoms with E-state index in [4.69, 9.17) is 9.47 Å². The van der Waals surface area contributed by atoms with Crippen molar-refractivity contribution >= 4 is 43.6 Å². The quantitative estimate of drug-likeness (QED) is 0.193. The summed E-state index contributed by atoms with van der Waals surface area (Å²) < 4.78 is 18.8. The van der Waals surface area contributed by atoms with Gasteiger partial charge in [-0.3, -0.25) is 0 Å². The van der Waals surface area contributed by atoms with E-state index in [1.807, 2.05) is 0 Å². The number of halogens is 1. The van der Waals surface area contributed by atoms with Gasteiger partial charge in [0, 0.05) is 0 Å². The van der Waals surface area contributed by atoms with Crippen LogP contribution >= 0.6 is 15.9 Å². The van der Waals surface area contributed by atoms with Crippen molar-refractivity contribution in [2.24, 2.45) is 5.92 Å². The zero-order valence-electron chi connectivity index (χ0n) is 22.2. The second-order valence-corrected chi connectivity index (χ2v) is 25.2. The number of benzene rings is 2. The zero-order valence-corrected chi connectivity index (χ0v) is 26.7. The van der Waals surface area contributed by atoms with E-state index in [9.17, 15) is 0 Å². The zero-order chi connectivity index (χ0) is 25.1. The molecular weight excluding hydrogens is 617 g/mol. The van der Waals surface area contributed by atoms with E-state index in [0.29, 0.717) is 18.6 Å². The van der Waals surface area contributed by atoms with E-state index >= 15 is 0 Å². The first kappa shape index (κ1) is 26.5. The van der Waals surface area contributed by atoms with Crippen LogP contribution in [0.2, 0.25) is 13.3 Å². The molecule has 0 saturated carbocycles. The fraction of sp³-hybridized carbons (Fsp3) is 0.548. The maximum atomic E-state index is 5.76. The van der Waals surface area contributed by atoms with E-state index in [-0.39, 0.29) is 6.04 Å². The van der Waals surface area contributed by atoms with E-state index in [0.717, 1.165) is 22.4 Å². The molecule has 3 nitrogen and oxygen atoms in total. The number of hydrogen-bond donors (Lipinski definition) is 1. The Labute approximate surface area is 230 Å². The third kappa shape index (κ3) is 5.10. The summed E-state index contributed by atoms with van der Waals surface area (Å²) in [5.41, 5.74) is 4.15. The van der Waals surface area contributed by atoms with Crippen LogP contribution in [-0.2, 0) is 0 Å². The number of anilines is 1. The van der Waals surface area contributed by atoms with E-state index in [1.165, 1.54) is 68.6 Å². The summed E-state index contributed by atoms with van der Waals surface area (Å²) in [4.78, 5) is 0. The van der Waals surface area contributed by atoms with Crippen LogP contribution in [0.4, 0.5) is 5.69 Å². The summed E-state index contributed by atoms with van der Waals surface area (Å²) in [5, 5.41) is 4.06. The summed E-state index contributed by atoms with van der Waals surface area (Å²) in [7, 11) is 0. The van der Waals surface area contributed by atoms with Crippen molar-refractivity contribution in [1.82, 2.24) is 0 Å². The Bertz CT molecular complexity index is 1080. The van der Waals surface area contributed by atoms with Gasteiger partial charge in [-0.15, -0.1) is 0 Å². The molecule has 0 aromatic heterocycles. The molecule has 5 rings (SSSR count). The average Bonchev–Trinajstić information content (AvgIpc) is 3.57. The van der Waals surface area contributed by atoms with Crippen LogP contribution in [0.15, 0.2) is 47.0 Å². The van der Waals surface area contributed by atoms with Crippen molar-refractivity contribution in [1.29, 1.82) is 0 Å². The molecule has 2 aromatic carbocycles. The molecule has 2 aliphatic heterocycles. The fourth-order valence-electron chi connectivity index (χ4n) is 6.76. The molecule has 0 radical (unpaired) electrons. The first-order chi connectivity index (χ1) is 17.6. The molecule has 0 spiro atoms. The molecule has 0 unspecified atom stereocenters. The molecule has 1 N–H and O–H groups in total. The summed E-state index contributed by atoms with van der Waals surface area (Å²) >= 11 is 1.37. The Morgan fingerprint density at radius 3 is 2.22 bits per heavy atom. The molecule has 36 heavy (non-hydrogen) atoms. The molecule has 0 fully saturated rings. The van der Waals surface area contributed by atoms with Crippen molar-refractivity contribution in [2.45, 2.75) is 91.0 Å². The summed E-state index contributed by atoms with van der Waals surface area (Å²) in [5.74, 6) is 2.70.